The van der Waals surface area contributed by atoms with E-state index in [1.807, 2.05) is 0 Å². The van der Waals surface area contributed by atoms with E-state index in [0.29, 0.717) is 0 Å². The second-order valence-corrected chi connectivity index (χ2v) is 13.8. The van der Waals surface area contributed by atoms with Gasteiger partial charge in [0.1, 0.15) is 8.22 Å². The van der Waals surface area contributed by atoms with Gasteiger partial charge in [-0.25, -0.2) is 9.03 Å². The molecule has 66 valence electrons. The Balaban J connectivity index is 3.00. The number of halogens is 4. The number of nitrogens with one attached hydrogen (secondary N) is 1. The van der Waals surface area contributed by atoms with Gasteiger partial charge in [0.15, 0.2) is 0 Å². The first-order valence-electron chi connectivity index (χ1n) is 2.37. The summed E-state index contributed by atoms with van der Waals surface area (Å²) >= 11 is 23.1. The molecule has 1 aliphatic heterocycles. The normalized spacial score (nSPS) is 28.8. The van der Waals surface area contributed by atoms with E-state index in [1.165, 1.54) is 0 Å². The summed E-state index contributed by atoms with van der Waals surface area (Å²) < 4.78 is 8.00. The summed E-state index contributed by atoms with van der Waals surface area (Å²) in [6, 6.07) is 0. The third-order valence-electron chi connectivity index (χ3n) is 0.724. The maximum Gasteiger partial charge on any atom is 0.214 e. The minimum atomic E-state index is -2.47. The molecule has 0 saturated heterocycles. The zero-order valence-electron chi connectivity index (χ0n) is 5.25. The van der Waals surface area contributed by atoms with Crippen molar-refractivity contribution in [2.24, 2.45) is 9.03 Å². The molecule has 0 bridgehead atoms. The lowest BCUT2D eigenvalue weighted by molar-refractivity contribution is 1.61. The molecule has 0 fully saturated rings. The maximum atomic E-state index is 5.77. The lowest BCUT2D eigenvalue weighted by Crippen LogP contribution is -1.94. The van der Waals surface area contributed by atoms with Crippen LogP contribution in [0.3, 0.4) is 0 Å². The molecular weight excluding hydrogens is 289 g/mol. The molecule has 0 spiro atoms. The highest BCUT2D eigenvalue weighted by atomic mass is 35.9. The van der Waals surface area contributed by atoms with Gasteiger partial charge in [0.25, 0.3) is 0 Å². The first-order valence-corrected chi connectivity index (χ1v) is 11.2. The maximum absolute atomic E-state index is 5.77. The molecule has 1 heterocycles. The van der Waals surface area contributed by atoms with Crippen molar-refractivity contribution in [2.45, 2.75) is 0 Å². The van der Waals surface area contributed by atoms with Crippen LogP contribution < -0.4 is 4.86 Å². The molecule has 1 rings (SSSR count). The van der Waals surface area contributed by atoms with Gasteiger partial charge in [-0.15, -0.1) is 0 Å². The molecule has 11 heavy (non-hydrogen) atoms. The zero-order chi connectivity index (χ0) is 8.70. The van der Waals surface area contributed by atoms with Crippen LogP contribution in [-0.2, 0) is 0 Å². The van der Waals surface area contributed by atoms with E-state index in [2.05, 4.69) is 13.9 Å². The van der Waals surface area contributed by atoms with Crippen molar-refractivity contribution in [3.8, 4) is 0 Å². The van der Waals surface area contributed by atoms with E-state index in [-0.39, 0.29) is 0 Å². The predicted molar refractivity (Wildman–Crippen MR) is 58.1 cm³/mol. The fraction of sp³-hybridized carbons (Fsp3) is 1.00. The Morgan fingerprint density at radius 2 is 1.45 bits per heavy atom. The number of rotatable bonds is 0. The number of hydrogen-bond donors (Lipinski definition) is 1. The van der Waals surface area contributed by atoms with E-state index >= 15 is 0 Å². The lowest BCUT2D eigenvalue weighted by atomic mass is 12.0. The third kappa shape index (κ3) is 3.71. The third-order valence-corrected chi connectivity index (χ3v) is 11.7. The molecule has 0 amide bonds. The number of hydrogen-bond acceptors (Lipinski definition) is 3. The monoisotopic (exact) mass is 291 g/mol. The van der Waals surface area contributed by atoms with E-state index < -0.39 is 20.0 Å². The summed E-state index contributed by atoms with van der Waals surface area (Å²) in [7, 11) is -0.909. The van der Waals surface area contributed by atoms with Gasteiger partial charge in [-0.2, -0.15) is 4.86 Å². The van der Waals surface area contributed by atoms with E-state index in [4.69, 9.17) is 45.0 Å². The highest BCUT2D eigenvalue weighted by Gasteiger charge is 2.28. The van der Waals surface area contributed by atoms with Crippen molar-refractivity contribution < 1.29 is 0 Å². The Hall–Kier alpha value is 2.01. The molecule has 0 aromatic carbocycles. The number of nitrogens with zero attached hydrogens (tertiary/aromatic N) is 2. The zero-order valence-corrected chi connectivity index (χ0v) is 11.0. The second-order valence-electron chi connectivity index (χ2n) is 1.74. The van der Waals surface area contributed by atoms with Crippen molar-refractivity contribution in [1.82, 2.24) is 4.86 Å². The topological polar surface area (TPSA) is 36.8 Å². The van der Waals surface area contributed by atoms with Crippen molar-refractivity contribution in [3.05, 3.63) is 0 Å². The minimum absolute atomic E-state index is 0.909. The van der Waals surface area contributed by atoms with E-state index in [9.17, 15) is 0 Å². The summed E-state index contributed by atoms with van der Waals surface area (Å²) in [6.07, 6.45) is 0. The molecule has 0 aliphatic carbocycles. The minimum Gasteiger partial charge on any atom is -0.212 e. The van der Waals surface area contributed by atoms with Crippen LogP contribution in [0.15, 0.2) is 9.03 Å². The molecule has 1 N–H and O–H groups in total. The van der Waals surface area contributed by atoms with Crippen LogP contribution in [0.4, 0.5) is 0 Å². The Bertz CT molecular complexity index is 236. The van der Waals surface area contributed by atoms with Crippen LogP contribution >= 0.6 is 65.0 Å². The van der Waals surface area contributed by atoms with Gasteiger partial charge in [0.2, 0.25) is 11.8 Å². The molecule has 10 heteroatoms. The van der Waals surface area contributed by atoms with Crippen molar-refractivity contribution in [2.75, 3.05) is 6.66 Å². The van der Waals surface area contributed by atoms with Gasteiger partial charge in [0, 0.05) is 0 Å². The quantitative estimate of drug-likeness (QED) is 0.598. The molecule has 0 radical (unpaired) electrons. The molecule has 0 aromatic heterocycles. The van der Waals surface area contributed by atoms with E-state index in [0.717, 1.165) is 0 Å². The SMILES string of the molecule is CP1N=P(Cl)(Cl)NP(Cl)(Cl)=N1. The van der Waals surface area contributed by atoms with Crippen LogP contribution in [0.1, 0.15) is 0 Å². The van der Waals surface area contributed by atoms with Gasteiger partial charge >= 0.3 is 0 Å². The van der Waals surface area contributed by atoms with E-state index in [1.54, 1.807) is 6.66 Å². The summed E-state index contributed by atoms with van der Waals surface area (Å²) in [5.41, 5.74) is 0. The summed E-state index contributed by atoms with van der Waals surface area (Å²) in [5, 5.41) is 0. The highest BCUT2D eigenvalue weighted by molar-refractivity contribution is 8.23. The molecule has 0 saturated carbocycles. The Labute approximate surface area is 85.4 Å². The molecule has 0 atom stereocenters. The Morgan fingerprint density at radius 1 is 1.09 bits per heavy atom. The van der Waals surface area contributed by atoms with Gasteiger partial charge in [-0.05, 0) is 51.6 Å². The van der Waals surface area contributed by atoms with Gasteiger partial charge < -0.3 is 0 Å². The first kappa shape index (κ1) is 11.1. The van der Waals surface area contributed by atoms with Crippen molar-refractivity contribution >= 4 is 65.0 Å². The highest BCUT2D eigenvalue weighted by Crippen LogP contribution is 2.78. The van der Waals surface area contributed by atoms with Crippen LogP contribution in [0.5, 0.6) is 0 Å². The molecule has 0 unspecified atom stereocenters. The molecule has 3 nitrogen and oxygen atoms in total. The lowest BCUT2D eigenvalue weighted by Gasteiger charge is -2.22. The van der Waals surface area contributed by atoms with Crippen LogP contribution in [0.2, 0.25) is 0 Å². The Kier molecular flexibility index (Phi) is 3.66. The smallest absolute Gasteiger partial charge is 0.212 e. The van der Waals surface area contributed by atoms with Crippen LogP contribution in [-0.4, -0.2) is 6.66 Å². The fourth-order valence-corrected chi connectivity index (χ4v) is 14.6. The average Bonchev–Trinajstić information content (AvgIpc) is 1.49. The summed E-state index contributed by atoms with van der Waals surface area (Å²) in [5.74, 6) is -4.95. The van der Waals surface area contributed by atoms with Crippen LogP contribution in [0.25, 0.3) is 0 Å². The fourth-order valence-electron chi connectivity index (χ4n) is 0.528. The van der Waals surface area contributed by atoms with Gasteiger partial charge in [-0.1, -0.05) is 0 Å². The van der Waals surface area contributed by atoms with Crippen molar-refractivity contribution in [1.29, 1.82) is 0 Å². The molecule has 1 aliphatic rings. The second kappa shape index (κ2) is 3.64. The first-order chi connectivity index (χ1) is 4.81. The molecule has 0 aromatic rings. The van der Waals surface area contributed by atoms with Crippen LogP contribution in [0, 0.1) is 0 Å². The standard InChI is InChI=1S/CH4Cl4N3P3/c1-9-6-10(2,3)8-11(4,5)7-9/h8H,1H3. The Morgan fingerprint density at radius 3 is 1.73 bits per heavy atom. The van der Waals surface area contributed by atoms with Gasteiger partial charge in [-0.3, -0.25) is 0 Å². The van der Waals surface area contributed by atoms with Gasteiger partial charge in [0.05, 0.1) is 0 Å². The average molecular weight is 293 g/mol. The molecular formula is CH4Cl4N3P3. The summed E-state index contributed by atoms with van der Waals surface area (Å²) in [6.45, 7) is 1.80. The predicted octanol–water partition coefficient (Wildman–Crippen LogP) is 5.38. The van der Waals surface area contributed by atoms with Crippen molar-refractivity contribution in [3.63, 3.8) is 0 Å². The summed E-state index contributed by atoms with van der Waals surface area (Å²) in [4.78, 5) is 2.63. The largest absolute Gasteiger partial charge is 0.214 e.